The van der Waals surface area contributed by atoms with Crippen molar-refractivity contribution in [2.24, 2.45) is 4.99 Å². The number of nitrogens with two attached hydrogens (primary N) is 1. The minimum Gasteiger partial charge on any atom is -0.399 e. The first-order valence-electron chi connectivity index (χ1n) is 5.14. The summed E-state index contributed by atoms with van der Waals surface area (Å²) in [5.74, 6) is -0.318. The Morgan fingerprint density at radius 1 is 1.47 bits per heavy atom. The summed E-state index contributed by atoms with van der Waals surface area (Å²) in [6.45, 7) is 6.10. The number of halogens is 1. The fourth-order valence-electron chi connectivity index (χ4n) is 2.09. The van der Waals surface area contributed by atoms with Crippen LogP contribution in [0.1, 0.15) is 32.8 Å². The maximum Gasteiger partial charge on any atom is 0.151 e. The molecular weight excluding hydrogens is 191 g/mol. The van der Waals surface area contributed by atoms with Gasteiger partial charge in [0.05, 0.1) is 0 Å². The SMILES string of the molecule is CCC1(C)C(C)=Nc2c(F)cc(N)cc21. The van der Waals surface area contributed by atoms with Crippen molar-refractivity contribution < 1.29 is 4.39 Å². The predicted molar refractivity (Wildman–Crippen MR) is 61.2 cm³/mol. The van der Waals surface area contributed by atoms with Crippen LogP contribution in [0.3, 0.4) is 0 Å². The van der Waals surface area contributed by atoms with Gasteiger partial charge >= 0.3 is 0 Å². The van der Waals surface area contributed by atoms with Gasteiger partial charge in [0.15, 0.2) is 5.82 Å². The molecule has 1 atom stereocenters. The third-order valence-electron chi connectivity index (χ3n) is 3.47. The van der Waals surface area contributed by atoms with Crippen LogP contribution in [0.25, 0.3) is 0 Å². The highest BCUT2D eigenvalue weighted by Gasteiger charge is 2.36. The van der Waals surface area contributed by atoms with Crippen molar-refractivity contribution >= 4 is 17.1 Å². The number of anilines is 1. The summed E-state index contributed by atoms with van der Waals surface area (Å²) in [6.07, 6.45) is 0.901. The molecule has 0 fully saturated rings. The van der Waals surface area contributed by atoms with E-state index in [1.807, 2.05) is 13.0 Å². The van der Waals surface area contributed by atoms with Crippen molar-refractivity contribution in [3.63, 3.8) is 0 Å². The van der Waals surface area contributed by atoms with Gasteiger partial charge in [-0.15, -0.1) is 0 Å². The smallest absolute Gasteiger partial charge is 0.151 e. The second-order valence-electron chi connectivity index (χ2n) is 4.28. The van der Waals surface area contributed by atoms with Gasteiger partial charge in [0, 0.05) is 16.8 Å². The van der Waals surface area contributed by atoms with Gasteiger partial charge in [-0.05, 0) is 31.0 Å². The molecule has 1 aromatic rings. The predicted octanol–water partition coefficient (Wildman–Crippen LogP) is 3.18. The molecule has 80 valence electrons. The Kier molecular flexibility index (Phi) is 2.07. The quantitative estimate of drug-likeness (QED) is 0.704. The molecular formula is C12H15FN2. The summed E-state index contributed by atoms with van der Waals surface area (Å²) in [7, 11) is 0. The number of rotatable bonds is 1. The lowest BCUT2D eigenvalue weighted by molar-refractivity contribution is 0.607. The number of nitrogens with zero attached hydrogens (tertiary/aromatic N) is 1. The Hall–Kier alpha value is -1.38. The van der Waals surface area contributed by atoms with Crippen LogP contribution in [0.15, 0.2) is 17.1 Å². The maximum absolute atomic E-state index is 13.6. The molecule has 1 unspecified atom stereocenters. The van der Waals surface area contributed by atoms with Crippen LogP contribution >= 0.6 is 0 Å². The molecule has 0 amide bonds. The molecule has 1 heterocycles. The molecule has 3 heteroatoms. The van der Waals surface area contributed by atoms with Crippen LogP contribution in [0, 0.1) is 5.82 Å². The molecule has 2 rings (SSSR count). The van der Waals surface area contributed by atoms with Crippen molar-refractivity contribution in [3.05, 3.63) is 23.5 Å². The number of hydrogen-bond donors (Lipinski definition) is 1. The lowest BCUT2D eigenvalue weighted by atomic mass is 9.77. The molecule has 0 saturated heterocycles. The zero-order chi connectivity index (χ0) is 11.2. The Morgan fingerprint density at radius 2 is 2.13 bits per heavy atom. The van der Waals surface area contributed by atoms with Gasteiger partial charge in [-0.1, -0.05) is 13.8 Å². The van der Waals surface area contributed by atoms with Crippen molar-refractivity contribution in [3.8, 4) is 0 Å². The number of aliphatic imine (C=N–C) groups is 1. The zero-order valence-electron chi connectivity index (χ0n) is 9.26. The average Bonchev–Trinajstić information content (AvgIpc) is 2.43. The van der Waals surface area contributed by atoms with Crippen LogP contribution in [0.4, 0.5) is 15.8 Å². The number of hydrogen-bond acceptors (Lipinski definition) is 2. The van der Waals surface area contributed by atoms with Crippen LogP contribution in [-0.4, -0.2) is 5.71 Å². The van der Waals surface area contributed by atoms with Gasteiger partial charge in [-0.3, -0.25) is 4.99 Å². The Morgan fingerprint density at radius 3 is 2.73 bits per heavy atom. The van der Waals surface area contributed by atoms with E-state index in [1.165, 1.54) is 6.07 Å². The first-order chi connectivity index (χ1) is 6.99. The molecule has 1 aliphatic rings. The highest BCUT2D eigenvalue weighted by atomic mass is 19.1. The van der Waals surface area contributed by atoms with Crippen molar-refractivity contribution in [1.29, 1.82) is 0 Å². The second kappa shape index (κ2) is 3.05. The van der Waals surface area contributed by atoms with E-state index < -0.39 is 0 Å². The molecule has 0 bridgehead atoms. The molecule has 0 saturated carbocycles. The number of nitrogen functional groups attached to an aromatic ring is 1. The topological polar surface area (TPSA) is 38.4 Å². The van der Waals surface area contributed by atoms with E-state index in [4.69, 9.17) is 5.73 Å². The summed E-state index contributed by atoms with van der Waals surface area (Å²) in [6, 6.07) is 3.17. The van der Waals surface area contributed by atoms with Gasteiger partial charge in [0.25, 0.3) is 0 Å². The largest absolute Gasteiger partial charge is 0.399 e. The summed E-state index contributed by atoms with van der Waals surface area (Å²) in [4.78, 5) is 4.30. The highest BCUT2D eigenvalue weighted by Crippen LogP contribution is 2.44. The zero-order valence-corrected chi connectivity index (χ0v) is 9.26. The van der Waals surface area contributed by atoms with Crippen molar-refractivity contribution in [2.45, 2.75) is 32.6 Å². The van der Waals surface area contributed by atoms with Crippen LogP contribution in [-0.2, 0) is 5.41 Å². The molecule has 0 aliphatic carbocycles. The van der Waals surface area contributed by atoms with E-state index >= 15 is 0 Å². The molecule has 0 radical (unpaired) electrons. The lowest BCUT2D eigenvalue weighted by Gasteiger charge is -2.24. The maximum atomic E-state index is 13.6. The molecule has 0 spiro atoms. The van der Waals surface area contributed by atoms with Gasteiger partial charge in [-0.25, -0.2) is 4.39 Å². The summed E-state index contributed by atoms with van der Waals surface area (Å²) >= 11 is 0. The van der Waals surface area contributed by atoms with E-state index in [0.717, 1.165) is 17.7 Å². The van der Waals surface area contributed by atoms with E-state index in [-0.39, 0.29) is 11.2 Å². The van der Waals surface area contributed by atoms with E-state index in [0.29, 0.717) is 11.4 Å². The fourth-order valence-corrected chi connectivity index (χ4v) is 2.09. The van der Waals surface area contributed by atoms with Crippen molar-refractivity contribution in [2.75, 3.05) is 5.73 Å². The van der Waals surface area contributed by atoms with E-state index in [2.05, 4.69) is 18.8 Å². The van der Waals surface area contributed by atoms with Gasteiger partial charge in [-0.2, -0.15) is 0 Å². The standard InChI is InChI=1S/C12H15FN2/c1-4-12(3)7(2)15-11-9(12)5-8(14)6-10(11)13/h5-6H,4,14H2,1-3H3. The Labute approximate surface area is 89.0 Å². The summed E-state index contributed by atoms with van der Waals surface area (Å²) < 4.78 is 13.6. The summed E-state index contributed by atoms with van der Waals surface area (Å²) in [5, 5.41) is 0. The van der Waals surface area contributed by atoms with Crippen molar-refractivity contribution in [1.82, 2.24) is 0 Å². The first kappa shape index (κ1) is 10.1. The molecule has 0 aromatic heterocycles. The van der Waals surface area contributed by atoms with Gasteiger partial charge < -0.3 is 5.73 Å². The average molecular weight is 206 g/mol. The van der Waals surface area contributed by atoms with Crippen LogP contribution in [0.2, 0.25) is 0 Å². The number of fused-ring (bicyclic) bond motifs is 1. The molecule has 1 aromatic carbocycles. The summed E-state index contributed by atoms with van der Waals surface area (Å²) in [5.41, 5.74) is 8.31. The first-order valence-corrected chi connectivity index (χ1v) is 5.14. The minimum absolute atomic E-state index is 0.161. The van der Waals surface area contributed by atoms with Crippen LogP contribution in [0.5, 0.6) is 0 Å². The molecule has 15 heavy (non-hydrogen) atoms. The third-order valence-corrected chi connectivity index (χ3v) is 3.47. The third kappa shape index (κ3) is 1.26. The number of benzene rings is 1. The van der Waals surface area contributed by atoms with E-state index in [1.54, 1.807) is 0 Å². The highest BCUT2D eigenvalue weighted by molar-refractivity contribution is 6.00. The van der Waals surface area contributed by atoms with Crippen LogP contribution < -0.4 is 5.73 Å². The minimum atomic E-state index is -0.318. The lowest BCUT2D eigenvalue weighted by Crippen LogP contribution is -2.26. The Bertz CT molecular complexity index is 451. The molecule has 1 aliphatic heterocycles. The van der Waals surface area contributed by atoms with E-state index in [9.17, 15) is 4.39 Å². The molecule has 2 nitrogen and oxygen atoms in total. The fraction of sp³-hybridized carbons (Fsp3) is 0.417. The van der Waals surface area contributed by atoms with Gasteiger partial charge in [0.2, 0.25) is 0 Å². The van der Waals surface area contributed by atoms with Gasteiger partial charge in [0.1, 0.15) is 5.69 Å². The molecule has 2 N–H and O–H groups in total. The normalized spacial score (nSPS) is 23.9. The second-order valence-corrected chi connectivity index (χ2v) is 4.28. The monoisotopic (exact) mass is 206 g/mol. The Balaban J connectivity index is 2.70.